The number of halogens is 2. The van der Waals surface area contributed by atoms with Gasteiger partial charge in [0.25, 0.3) is 0 Å². The third-order valence-electron chi connectivity index (χ3n) is 2.85. The van der Waals surface area contributed by atoms with Gasteiger partial charge in [0, 0.05) is 16.6 Å². The highest BCUT2D eigenvalue weighted by molar-refractivity contribution is 14.1. The second kappa shape index (κ2) is 7.36. The van der Waals surface area contributed by atoms with E-state index < -0.39 is 0 Å². The Morgan fingerprint density at radius 1 is 1.15 bits per heavy atom. The Labute approximate surface area is 141 Å². The number of benzene rings is 1. The summed E-state index contributed by atoms with van der Waals surface area (Å²) in [6, 6.07) is 8.11. The molecule has 0 unspecified atom stereocenters. The maximum atomic E-state index is 4.73. The molecule has 2 rings (SSSR count). The topological polar surface area (TPSA) is 37.8 Å². The molecule has 106 valence electrons. The molecule has 2 aromatic rings. The molecule has 1 aromatic heterocycles. The number of hydrogen-bond acceptors (Lipinski definition) is 3. The molecule has 0 amide bonds. The summed E-state index contributed by atoms with van der Waals surface area (Å²) in [5, 5.41) is 3.33. The summed E-state index contributed by atoms with van der Waals surface area (Å²) in [4.78, 5) is 9.39. The van der Waals surface area contributed by atoms with Crippen molar-refractivity contribution in [2.24, 2.45) is 0 Å². The molecule has 3 nitrogen and oxygen atoms in total. The average Bonchev–Trinajstić information content (AvgIpc) is 2.44. The molecule has 0 saturated carbocycles. The number of nitrogens with one attached hydrogen (secondary N) is 1. The average molecular weight is 446 g/mol. The molecule has 0 aliphatic heterocycles. The normalized spacial score (nSPS) is 10.6. The third-order valence-corrected chi connectivity index (χ3v) is 4.52. The van der Waals surface area contributed by atoms with Crippen molar-refractivity contribution in [2.75, 3.05) is 11.9 Å². The van der Waals surface area contributed by atoms with Gasteiger partial charge in [-0.2, -0.15) is 0 Å². The Morgan fingerprint density at radius 2 is 1.85 bits per heavy atom. The van der Waals surface area contributed by atoms with Crippen LogP contribution in [-0.2, 0) is 6.42 Å². The summed E-state index contributed by atoms with van der Waals surface area (Å²) in [7, 11) is 0. The standard InChI is InChI=1S/C15H17BrIN3/c1-3-5-12-13(17)15(18-4-2)20-14(19-12)10-6-8-11(16)9-7-10/h6-9H,3-5H2,1-2H3,(H,18,19,20). The van der Waals surface area contributed by atoms with Gasteiger partial charge in [-0.1, -0.05) is 41.4 Å². The molecule has 20 heavy (non-hydrogen) atoms. The van der Waals surface area contributed by atoms with Crippen LogP contribution in [0.5, 0.6) is 0 Å². The van der Waals surface area contributed by atoms with Crippen LogP contribution in [0.4, 0.5) is 5.82 Å². The molecular formula is C15H17BrIN3. The first-order valence-electron chi connectivity index (χ1n) is 6.72. The van der Waals surface area contributed by atoms with E-state index in [2.05, 4.69) is 62.7 Å². The highest BCUT2D eigenvalue weighted by atomic mass is 127. The molecule has 0 aliphatic rings. The summed E-state index contributed by atoms with van der Waals surface area (Å²) in [6.07, 6.45) is 2.06. The van der Waals surface area contributed by atoms with Crippen molar-refractivity contribution in [3.05, 3.63) is 38.0 Å². The molecule has 0 saturated heterocycles. The van der Waals surface area contributed by atoms with E-state index in [0.29, 0.717) is 0 Å². The van der Waals surface area contributed by atoms with Gasteiger partial charge in [0.05, 0.1) is 9.26 Å². The van der Waals surface area contributed by atoms with Gasteiger partial charge < -0.3 is 5.32 Å². The van der Waals surface area contributed by atoms with Crippen LogP contribution in [0.25, 0.3) is 11.4 Å². The minimum atomic E-state index is 0.789. The fourth-order valence-corrected chi connectivity index (χ4v) is 2.87. The Morgan fingerprint density at radius 3 is 2.45 bits per heavy atom. The first kappa shape index (κ1) is 15.7. The minimum Gasteiger partial charge on any atom is -0.369 e. The van der Waals surface area contributed by atoms with Crippen LogP contribution in [0.1, 0.15) is 26.0 Å². The van der Waals surface area contributed by atoms with Crippen LogP contribution in [-0.4, -0.2) is 16.5 Å². The van der Waals surface area contributed by atoms with Crippen LogP contribution in [0.3, 0.4) is 0 Å². The van der Waals surface area contributed by atoms with E-state index in [4.69, 9.17) is 4.98 Å². The summed E-state index contributed by atoms with van der Waals surface area (Å²) in [5.41, 5.74) is 2.16. The third kappa shape index (κ3) is 3.69. The number of hydrogen-bond donors (Lipinski definition) is 1. The van der Waals surface area contributed by atoms with E-state index in [1.165, 1.54) is 0 Å². The maximum Gasteiger partial charge on any atom is 0.161 e. The largest absolute Gasteiger partial charge is 0.369 e. The van der Waals surface area contributed by atoms with E-state index in [9.17, 15) is 0 Å². The number of nitrogens with zero attached hydrogens (tertiary/aromatic N) is 2. The zero-order chi connectivity index (χ0) is 14.5. The molecule has 0 bridgehead atoms. The van der Waals surface area contributed by atoms with Gasteiger partial charge in [-0.3, -0.25) is 0 Å². The lowest BCUT2D eigenvalue weighted by Gasteiger charge is -2.12. The Hall–Kier alpha value is -0.690. The van der Waals surface area contributed by atoms with Crippen molar-refractivity contribution in [3.63, 3.8) is 0 Å². The second-order valence-electron chi connectivity index (χ2n) is 4.44. The van der Waals surface area contributed by atoms with Crippen LogP contribution in [0.15, 0.2) is 28.7 Å². The van der Waals surface area contributed by atoms with Gasteiger partial charge >= 0.3 is 0 Å². The summed E-state index contributed by atoms with van der Waals surface area (Å²) < 4.78 is 2.19. The predicted octanol–water partition coefficient (Wildman–Crippen LogP) is 4.90. The lowest BCUT2D eigenvalue weighted by atomic mass is 10.2. The minimum absolute atomic E-state index is 0.789. The van der Waals surface area contributed by atoms with Crippen molar-refractivity contribution in [1.82, 2.24) is 9.97 Å². The van der Waals surface area contributed by atoms with Gasteiger partial charge in [0.15, 0.2) is 5.82 Å². The van der Waals surface area contributed by atoms with Gasteiger partial charge in [-0.15, -0.1) is 0 Å². The number of aryl methyl sites for hydroxylation is 1. The van der Waals surface area contributed by atoms with Crippen molar-refractivity contribution < 1.29 is 0 Å². The lowest BCUT2D eigenvalue weighted by molar-refractivity contribution is 0.867. The van der Waals surface area contributed by atoms with E-state index >= 15 is 0 Å². The smallest absolute Gasteiger partial charge is 0.161 e. The molecule has 0 aliphatic carbocycles. The quantitative estimate of drug-likeness (QED) is 0.665. The van der Waals surface area contributed by atoms with Crippen molar-refractivity contribution in [3.8, 4) is 11.4 Å². The van der Waals surface area contributed by atoms with Gasteiger partial charge in [-0.05, 0) is 48.1 Å². The Bertz CT molecular complexity index is 557. The monoisotopic (exact) mass is 445 g/mol. The van der Waals surface area contributed by atoms with Crippen molar-refractivity contribution in [2.45, 2.75) is 26.7 Å². The SMILES string of the molecule is CCCc1nc(-c2ccc(Br)cc2)nc(NCC)c1I. The van der Waals surface area contributed by atoms with Gasteiger partial charge in [0.2, 0.25) is 0 Å². The second-order valence-corrected chi connectivity index (χ2v) is 6.44. The Balaban J connectivity index is 2.49. The predicted molar refractivity (Wildman–Crippen MR) is 96.0 cm³/mol. The highest BCUT2D eigenvalue weighted by Gasteiger charge is 2.12. The fourth-order valence-electron chi connectivity index (χ4n) is 1.91. The first-order chi connectivity index (χ1) is 9.65. The van der Waals surface area contributed by atoms with Crippen molar-refractivity contribution in [1.29, 1.82) is 0 Å². The van der Waals surface area contributed by atoms with Crippen LogP contribution in [0.2, 0.25) is 0 Å². The van der Waals surface area contributed by atoms with E-state index in [1.54, 1.807) is 0 Å². The summed E-state index contributed by atoms with van der Waals surface area (Å²) in [5.74, 6) is 1.72. The van der Waals surface area contributed by atoms with E-state index in [0.717, 1.165) is 50.3 Å². The fraction of sp³-hybridized carbons (Fsp3) is 0.333. The molecule has 0 radical (unpaired) electrons. The number of rotatable bonds is 5. The summed E-state index contributed by atoms with van der Waals surface area (Å²) >= 11 is 5.79. The molecule has 0 fully saturated rings. The molecule has 0 spiro atoms. The van der Waals surface area contributed by atoms with Gasteiger partial charge in [-0.25, -0.2) is 9.97 Å². The molecule has 5 heteroatoms. The summed E-state index contributed by atoms with van der Waals surface area (Å²) in [6.45, 7) is 5.11. The van der Waals surface area contributed by atoms with Gasteiger partial charge in [0.1, 0.15) is 5.82 Å². The zero-order valence-electron chi connectivity index (χ0n) is 11.6. The van der Waals surface area contributed by atoms with Crippen LogP contribution in [0, 0.1) is 3.57 Å². The Kier molecular flexibility index (Phi) is 5.77. The molecule has 1 aromatic carbocycles. The van der Waals surface area contributed by atoms with E-state index in [-0.39, 0.29) is 0 Å². The van der Waals surface area contributed by atoms with Crippen LogP contribution < -0.4 is 5.32 Å². The molecule has 1 heterocycles. The maximum absolute atomic E-state index is 4.73. The molecule has 0 atom stereocenters. The molecular weight excluding hydrogens is 429 g/mol. The number of anilines is 1. The number of aromatic nitrogens is 2. The van der Waals surface area contributed by atoms with Crippen LogP contribution >= 0.6 is 38.5 Å². The van der Waals surface area contributed by atoms with E-state index in [1.807, 2.05) is 24.3 Å². The first-order valence-corrected chi connectivity index (χ1v) is 8.59. The lowest BCUT2D eigenvalue weighted by Crippen LogP contribution is -2.08. The zero-order valence-corrected chi connectivity index (χ0v) is 15.3. The highest BCUT2D eigenvalue weighted by Crippen LogP contribution is 2.25. The molecule has 1 N–H and O–H groups in total. The van der Waals surface area contributed by atoms with Crippen molar-refractivity contribution >= 4 is 44.3 Å².